The molecule has 2 unspecified atom stereocenters. The van der Waals surface area contributed by atoms with Crippen molar-refractivity contribution < 1.29 is 5.11 Å². The fourth-order valence-electron chi connectivity index (χ4n) is 3.30. The molecule has 0 radical (unpaired) electrons. The standard InChI is InChI=1S/C14H23N3OS/c1-10-13(11(2)18)19-14(15-10)17-8-4-7-16-6-3-5-12(16)9-17/h11-12,18H,3-9H2,1-2H3. The summed E-state index contributed by atoms with van der Waals surface area (Å²) in [5.74, 6) is 0. The lowest BCUT2D eigenvalue weighted by Crippen LogP contribution is -2.36. The van der Waals surface area contributed by atoms with E-state index < -0.39 is 6.10 Å². The van der Waals surface area contributed by atoms with Gasteiger partial charge in [0.1, 0.15) is 0 Å². The van der Waals surface area contributed by atoms with Crippen molar-refractivity contribution in [1.29, 1.82) is 0 Å². The van der Waals surface area contributed by atoms with Crippen LogP contribution < -0.4 is 4.90 Å². The van der Waals surface area contributed by atoms with E-state index in [2.05, 4.69) is 14.8 Å². The van der Waals surface area contributed by atoms with Gasteiger partial charge in [-0.05, 0) is 39.7 Å². The normalized spacial score (nSPS) is 26.3. The Morgan fingerprint density at radius 3 is 2.84 bits per heavy atom. The molecule has 106 valence electrons. The molecule has 0 saturated carbocycles. The molecule has 1 aromatic rings. The van der Waals surface area contributed by atoms with Crippen molar-refractivity contribution in [2.75, 3.05) is 31.1 Å². The Balaban J connectivity index is 1.79. The number of nitrogens with zero attached hydrogens (tertiary/aromatic N) is 3. The highest BCUT2D eigenvalue weighted by Crippen LogP contribution is 2.32. The van der Waals surface area contributed by atoms with Crippen LogP contribution in [0.4, 0.5) is 5.13 Å². The van der Waals surface area contributed by atoms with Gasteiger partial charge >= 0.3 is 0 Å². The third-order valence-electron chi connectivity index (χ3n) is 4.27. The Morgan fingerprint density at radius 1 is 1.32 bits per heavy atom. The van der Waals surface area contributed by atoms with Crippen molar-refractivity contribution in [2.24, 2.45) is 0 Å². The van der Waals surface area contributed by atoms with Crippen LogP contribution in [0.15, 0.2) is 0 Å². The number of thiazole rings is 1. The topological polar surface area (TPSA) is 39.6 Å². The number of aromatic nitrogens is 1. The van der Waals surface area contributed by atoms with Crippen LogP contribution in [0, 0.1) is 6.92 Å². The highest BCUT2D eigenvalue weighted by molar-refractivity contribution is 7.15. The fourth-order valence-corrected chi connectivity index (χ4v) is 4.33. The van der Waals surface area contributed by atoms with Crippen LogP contribution in [-0.2, 0) is 0 Å². The van der Waals surface area contributed by atoms with Gasteiger partial charge in [0.2, 0.25) is 0 Å². The molecule has 1 N–H and O–H groups in total. The lowest BCUT2D eigenvalue weighted by Gasteiger charge is -2.25. The molecular weight excluding hydrogens is 258 g/mol. The quantitative estimate of drug-likeness (QED) is 0.902. The van der Waals surface area contributed by atoms with E-state index in [0.717, 1.165) is 28.8 Å². The second kappa shape index (κ2) is 5.38. The van der Waals surface area contributed by atoms with Crippen molar-refractivity contribution in [3.05, 3.63) is 10.6 Å². The highest BCUT2D eigenvalue weighted by atomic mass is 32.1. The Kier molecular flexibility index (Phi) is 3.78. The molecule has 2 aliphatic heterocycles. The summed E-state index contributed by atoms with van der Waals surface area (Å²) < 4.78 is 0. The average Bonchev–Trinajstić information content (AvgIpc) is 2.91. The van der Waals surface area contributed by atoms with Crippen LogP contribution in [0.2, 0.25) is 0 Å². The fraction of sp³-hybridized carbons (Fsp3) is 0.786. The van der Waals surface area contributed by atoms with Crippen molar-refractivity contribution in [3.63, 3.8) is 0 Å². The number of aliphatic hydroxyl groups is 1. The number of rotatable bonds is 2. The van der Waals surface area contributed by atoms with Crippen LogP contribution >= 0.6 is 11.3 Å². The molecule has 0 bridgehead atoms. The SMILES string of the molecule is Cc1nc(N2CCCN3CCCC3C2)sc1C(C)O. The van der Waals surface area contributed by atoms with Gasteiger partial charge in [-0.2, -0.15) is 0 Å². The molecule has 19 heavy (non-hydrogen) atoms. The molecule has 2 saturated heterocycles. The number of hydrogen-bond acceptors (Lipinski definition) is 5. The second-order valence-corrected chi connectivity index (χ2v) is 6.76. The van der Waals surface area contributed by atoms with Crippen molar-refractivity contribution in [2.45, 2.75) is 45.3 Å². The molecule has 2 atom stereocenters. The van der Waals surface area contributed by atoms with E-state index in [4.69, 9.17) is 0 Å². The first kappa shape index (κ1) is 13.3. The van der Waals surface area contributed by atoms with Gasteiger partial charge in [-0.3, -0.25) is 4.90 Å². The number of aliphatic hydroxyl groups excluding tert-OH is 1. The van der Waals surface area contributed by atoms with Gasteiger partial charge in [0.25, 0.3) is 0 Å². The highest BCUT2D eigenvalue weighted by Gasteiger charge is 2.30. The number of fused-ring (bicyclic) bond motifs is 1. The Labute approximate surface area is 119 Å². The number of hydrogen-bond donors (Lipinski definition) is 1. The zero-order chi connectivity index (χ0) is 13.4. The maximum Gasteiger partial charge on any atom is 0.185 e. The van der Waals surface area contributed by atoms with E-state index in [0.29, 0.717) is 6.04 Å². The van der Waals surface area contributed by atoms with Gasteiger partial charge in [0.15, 0.2) is 5.13 Å². The van der Waals surface area contributed by atoms with E-state index in [1.165, 1.54) is 32.4 Å². The molecule has 0 spiro atoms. The van der Waals surface area contributed by atoms with Crippen LogP contribution in [-0.4, -0.2) is 47.2 Å². The Morgan fingerprint density at radius 2 is 2.11 bits per heavy atom. The average molecular weight is 281 g/mol. The summed E-state index contributed by atoms with van der Waals surface area (Å²) in [6.07, 6.45) is 3.48. The van der Waals surface area contributed by atoms with Gasteiger partial charge in [0.05, 0.1) is 16.7 Å². The third kappa shape index (κ3) is 2.64. The van der Waals surface area contributed by atoms with E-state index in [-0.39, 0.29) is 0 Å². The number of aryl methyl sites for hydroxylation is 1. The molecule has 2 aliphatic rings. The molecule has 0 aromatic carbocycles. The van der Waals surface area contributed by atoms with E-state index in [1.807, 2.05) is 13.8 Å². The van der Waals surface area contributed by atoms with Gasteiger partial charge < -0.3 is 10.0 Å². The van der Waals surface area contributed by atoms with Crippen molar-refractivity contribution >= 4 is 16.5 Å². The summed E-state index contributed by atoms with van der Waals surface area (Å²) in [4.78, 5) is 10.8. The zero-order valence-electron chi connectivity index (χ0n) is 11.8. The predicted molar refractivity (Wildman–Crippen MR) is 78.9 cm³/mol. The first-order valence-corrected chi connectivity index (χ1v) is 8.11. The summed E-state index contributed by atoms with van der Waals surface area (Å²) in [5.41, 5.74) is 0.988. The van der Waals surface area contributed by atoms with Gasteiger partial charge in [-0.25, -0.2) is 4.98 Å². The maximum absolute atomic E-state index is 9.77. The van der Waals surface area contributed by atoms with E-state index >= 15 is 0 Å². The Hall–Kier alpha value is -0.650. The minimum Gasteiger partial charge on any atom is -0.388 e. The Bertz CT molecular complexity index is 446. The van der Waals surface area contributed by atoms with Gasteiger partial charge in [0, 0.05) is 25.7 Å². The zero-order valence-corrected chi connectivity index (χ0v) is 12.6. The molecular formula is C14H23N3OS. The smallest absolute Gasteiger partial charge is 0.185 e. The summed E-state index contributed by atoms with van der Waals surface area (Å²) in [6, 6.07) is 0.710. The maximum atomic E-state index is 9.77. The third-order valence-corrected chi connectivity index (χ3v) is 5.66. The molecule has 0 aliphatic carbocycles. The minimum atomic E-state index is -0.402. The van der Waals surface area contributed by atoms with Crippen LogP contribution in [0.5, 0.6) is 0 Å². The van der Waals surface area contributed by atoms with Gasteiger partial charge in [-0.1, -0.05) is 11.3 Å². The van der Waals surface area contributed by atoms with Crippen LogP contribution in [0.3, 0.4) is 0 Å². The largest absolute Gasteiger partial charge is 0.388 e. The molecule has 5 heteroatoms. The molecule has 4 nitrogen and oxygen atoms in total. The summed E-state index contributed by atoms with van der Waals surface area (Å²) >= 11 is 1.66. The lowest BCUT2D eigenvalue weighted by molar-refractivity contribution is 0.202. The second-order valence-electron chi connectivity index (χ2n) is 5.75. The predicted octanol–water partition coefficient (Wildman–Crippen LogP) is 2.18. The summed E-state index contributed by atoms with van der Waals surface area (Å²) in [6.45, 7) is 8.53. The molecule has 3 heterocycles. The van der Waals surface area contributed by atoms with E-state index in [1.54, 1.807) is 11.3 Å². The molecule has 0 amide bonds. The van der Waals surface area contributed by atoms with Crippen molar-refractivity contribution in [1.82, 2.24) is 9.88 Å². The lowest BCUT2D eigenvalue weighted by atomic mass is 10.2. The van der Waals surface area contributed by atoms with Crippen molar-refractivity contribution in [3.8, 4) is 0 Å². The molecule has 2 fully saturated rings. The monoisotopic (exact) mass is 281 g/mol. The summed E-state index contributed by atoms with van der Waals surface area (Å²) in [7, 11) is 0. The first-order valence-electron chi connectivity index (χ1n) is 7.29. The van der Waals surface area contributed by atoms with Crippen LogP contribution in [0.25, 0.3) is 0 Å². The summed E-state index contributed by atoms with van der Waals surface area (Å²) in [5, 5.41) is 10.9. The first-order chi connectivity index (χ1) is 9.15. The van der Waals surface area contributed by atoms with Gasteiger partial charge in [-0.15, -0.1) is 0 Å². The molecule has 1 aromatic heterocycles. The van der Waals surface area contributed by atoms with Crippen LogP contribution in [0.1, 0.15) is 42.9 Å². The minimum absolute atomic E-state index is 0.402. The van der Waals surface area contributed by atoms with E-state index in [9.17, 15) is 5.11 Å². The number of anilines is 1. The molecule has 3 rings (SSSR count).